The molecular formula is C13H14N2O2S. The Morgan fingerprint density at radius 3 is 2.94 bits per heavy atom. The highest BCUT2D eigenvalue weighted by molar-refractivity contribution is 7.19. The molecule has 1 heterocycles. The lowest BCUT2D eigenvalue weighted by Gasteiger charge is -2.03. The van der Waals surface area contributed by atoms with Gasteiger partial charge in [0, 0.05) is 0 Å². The smallest absolute Gasteiger partial charge is 0.358 e. The first-order chi connectivity index (χ1) is 8.61. The van der Waals surface area contributed by atoms with Gasteiger partial charge in [-0.25, -0.2) is 9.78 Å². The SMILES string of the molecule is CCOC(=O)c1nc(N)sc1-c1cccc(C)c1. The Morgan fingerprint density at radius 2 is 2.28 bits per heavy atom. The molecule has 1 aromatic heterocycles. The van der Waals surface area contributed by atoms with Crippen molar-refractivity contribution in [2.75, 3.05) is 12.3 Å². The summed E-state index contributed by atoms with van der Waals surface area (Å²) in [6.07, 6.45) is 0. The maximum absolute atomic E-state index is 11.8. The van der Waals surface area contributed by atoms with E-state index >= 15 is 0 Å². The number of nitrogens with two attached hydrogens (primary N) is 1. The van der Waals surface area contributed by atoms with Crippen molar-refractivity contribution >= 4 is 22.4 Å². The lowest BCUT2D eigenvalue weighted by molar-refractivity contribution is 0.0521. The van der Waals surface area contributed by atoms with Gasteiger partial charge in [0.2, 0.25) is 0 Å². The summed E-state index contributed by atoms with van der Waals surface area (Å²) in [7, 11) is 0. The fourth-order valence-corrected chi connectivity index (χ4v) is 2.47. The first-order valence-corrected chi connectivity index (χ1v) is 6.44. The molecule has 0 amide bonds. The van der Waals surface area contributed by atoms with Crippen LogP contribution in [0.5, 0.6) is 0 Å². The van der Waals surface area contributed by atoms with Gasteiger partial charge in [-0.1, -0.05) is 41.2 Å². The zero-order chi connectivity index (χ0) is 13.1. The number of aromatic nitrogens is 1. The molecule has 2 N–H and O–H groups in total. The van der Waals surface area contributed by atoms with Gasteiger partial charge in [0.25, 0.3) is 0 Å². The highest BCUT2D eigenvalue weighted by atomic mass is 32.1. The second kappa shape index (κ2) is 5.18. The van der Waals surface area contributed by atoms with Crippen LogP contribution in [0.15, 0.2) is 24.3 Å². The van der Waals surface area contributed by atoms with Crippen molar-refractivity contribution in [3.05, 3.63) is 35.5 Å². The van der Waals surface area contributed by atoms with Gasteiger partial charge in [-0.2, -0.15) is 0 Å². The summed E-state index contributed by atoms with van der Waals surface area (Å²) < 4.78 is 4.98. The maximum Gasteiger partial charge on any atom is 0.358 e. The first-order valence-electron chi connectivity index (χ1n) is 5.62. The van der Waals surface area contributed by atoms with Crippen LogP contribution >= 0.6 is 11.3 Å². The highest BCUT2D eigenvalue weighted by Crippen LogP contribution is 2.32. The van der Waals surface area contributed by atoms with E-state index in [0.29, 0.717) is 17.4 Å². The van der Waals surface area contributed by atoms with Crippen LogP contribution < -0.4 is 5.73 Å². The Morgan fingerprint density at radius 1 is 1.50 bits per heavy atom. The van der Waals surface area contributed by atoms with E-state index in [-0.39, 0.29) is 0 Å². The van der Waals surface area contributed by atoms with Crippen LogP contribution in [-0.4, -0.2) is 17.6 Å². The normalized spacial score (nSPS) is 10.3. The van der Waals surface area contributed by atoms with Crippen molar-refractivity contribution in [1.82, 2.24) is 4.98 Å². The molecule has 0 radical (unpaired) electrons. The molecule has 0 bridgehead atoms. The summed E-state index contributed by atoms with van der Waals surface area (Å²) in [5.74, 6) is -0.429. The minimum absolute atomic E-state index is 0.296. The van der Waals surface area contributed by atoms with Crippen molar-refractivity contribution in [2.24, 2.45) is 0 Å². The van der Waals surface area contributed by atoms with E-state index in [4.69, 9.17) is 10.5 Å². The average molecular weight is 262 g/mol. The van der Waals surface area contributed by atoms with Crippen LogP contribution in [0.2, 0.25) is 0 Å². The summed E-state index contributed by atoms with van der Waals surface area (Å²) in [6, 6.07) is 7.87. The third-order valence-electron chi connectivity index (χ3n) is 2.39. The van der Waals surface area contributed by atoms with Crippen LogP contribution in [0.25, 0.3) is 10.4 Å². The van der Waals surface area contributed by atoms with Crippen LogP contribution in [0.1, 0.15) is 23.0 Å². The maximum atomic E-state index is 11.8. The molecule has 0 aliphatic heterocycles. The van der Waals surface area contributed by atoms with Crippen molar-refractivity contribution in [1.29, 1.82) is 0 Å². The lowest BCUT2D eigenvalue weighted by Crippen LogP contribution is -2.06. The zero-order valence-electron chi connectivity index (χ0n) is 10.3. The number of benzene rings is 1. The molecule has 0 aliphatic carbocycles. The Balaban J connectivity index is 2.47. The molecule has 0 fully saturated rings. The predicted octanol–water partition coefficient (Wildman–Crippen LogP) is 2.88. The fraction of sp³-hybridized carbons (Fsp3) is 0.231. The number of nitrogens with zero attached hydrogens (tertiary/aromatic N) is 1. The summed E-state index contributed by atoms with van der Waals surface area (Å²) in [4.78, 5) is 16.6. The second-order valence-corrected chi connectivity index (χ2v) is 4.85. The van der Waals surface area contributed by atoms with E-state index in [1.165, 1.54) is 11.3 Å². The van der Waals surface area contributed by atoms with Crippen LogP contribution in [-0.2, 0) is 4.74 Å². The second-order valence-electron chi connectivity index (χ2n) is 3.82. The number of aryl methyl sites for hydroxylation is 1. The molecule has 2 rings (SSSR count). The number of carbonyl (C=O) groups is 1. The van der Waals surface area contributed by atoms with Gasteiger partial charge in [0.1, 0.15) is 0 Å². The Labute approximate surface area is 109 Å². The molecule has 0 aliphatic rings. The number of thiazole rings is 1. The Bertz CT molecular complexity index is 578. The minimum Gasteiger partial charge on any atom is -0.461 e. The molecule has 0 saturated carbocycles. The standard InChI is InChI=1S/C13H14N2O2S/c1-3-17-12(16)10-11(18-13(14)15-10)9-6-4-5-8(2)7-9/h4-7H,3H2,1-2H3,(H2,14,15). The average Bonchev–Trinajstić information content (AvgIpc) is 2.72. The van der Waals surface area contributed by atoms with Crippen LogP contribution in [0.3, 0.4) is 0 Å². The Hall–Kier alpha value is -1.88. The van der Waals surface area contributed by atoms with Gasteiger partial charge < -0.3 is 10.5 Å². The monoisotopic (exact) mass is 262 g/mol. The van der Waals surface area contributed by atoms with E-state index < -0.39 is 5.97 Å². The van der Waals surface area contributed by atoms with Crippen LogP contribution in [0, 0.1) is 6.92 Å². The number of nitrogen functional groups attached to an aromatic ring is 1. The predicted molar refractivity (Wildman–Crippen MR) is 72.7 cm³/mol. The summed E-state index contributed by atoms with van der Waals surface area (Å²) in [6.45, 7) is 4.08. The van der Waals surface area contributed by atoms with Crippen molar-refractivity contribution < 1.29 is 9.53 Å². The van der Waals surface area contributed by atoms with E-state index in [1.807, 2.05) is 31.2 Å². The number of anilines is 1. The number of carbonyl (C=O) groups excluding carboxylic acids is 1. The first kappa shape index (κ1) is 12.6. The summed E-state index contributed by atoms with van der Waals surface area (Å²) in [5, 5.41) is 0.370. The molecule has 94 valence electrons. The van der Waals surface area contributed by atoms with E-state index in [0.717, 1.165) is 16.0 Å². The van der Waals surface area contributed by atoms with Gasteiger partial charge in [0.05, 0.1) is 11.5 Å². The molecule has 0 unspecified atom stereocenters. The zero-order valence-corrected chi connectivity index (χ0v) is 11.1. The third kappa shape index (κ3) is 2.51. The molecule has 2 aromatic rings. The van der Waals surface area contributed by atoms with Gasteiger partial charge in [0.15, 0.2) is 10.8 Å². The molecule has 18 heavy (non-hydrogen) atoms. The molecule has 4 nitrogen and oxygen atoms in total. The van der Waals surface area contributed by atoms with E-state index in [2.05, 4.69) is 4.98 Å². The van der Waals surface area contributed by atoms with Crippen molar-refractivity contribution in [3.8, 4) is 10.4 Å². The third-order valence-corrected chi connectivity index (χ3v) is 3.33. The van der Waals surface area contributed by atoms with Gasteiger partial charge in [-0.05, 0) is 19.4 Å². The summed E-state index contributed by atoms with van der Waals surface area (Å²) in [5.41, 5.74) is 8.04. The van der Waals surface area contributed by atoms with E-state index in [9.17, 15) is 4.79 Å². The number of rotatable bonds is 3. The van der Waals surface area contributed by atoms with Gasteiger partial charge in [-0.15, -0.1) is 0 Å². The molecule has 5 heteroatoms. The molecule has 1 aromatic carbocycles. The topological polar surface area (TPSA) is 65.2 Å². The highest BCUT2D eigenvalue weighted by Gasteiger charge is 2.19. The molecule has 0 atom stereocenters. The van der Waals surface area contributed by atoms with Crippen LogP contribution in [0.4, 0.5) is 5.13 Å². The van der Waals surface area contributed by atoms with Gasteiger partial charge in [-0.3, -0.25) is 0 Å². The van der Waals surface area contributed by atoms with E-state index in [1.54, 1.807) is 6.92 Å². The minimum atomic E-state index is -0.429. The molecule has 0 saturated heterocycles. The Kier molecular flexibility index (Phi) is 3.62. The number of esters is 1. The quantitative estimate of drug-likeness (QED) is 0.864. The van der Waals surface area contributed by atoms with Crippen molar-refractivity contribution in [3.63, 3.8) is 0 Å². The molecule has 0 spiro atoms. The largest absolute Gasteiger partial charge is 0.461 e. The fourth-order valence-electron chi connectivity index (χ4n) is 1.66. The number of ether oxygens (including phenoxy) is 1. The van der Waals surface area contributed by atoms with Crippen molar-refractivity contribution in [2.45, 2.75) is 13.8 Å². The van der Waals surface area contributed by atoms with Gasteiger partial charge >= 0.3 is 5.97 Å². The summed E-state index contributed by atoms with van der Waals surface area (Å²) >= 11 is 1.30. The lowest BCUT2D eigenvalue weighted by atomic mass is 10.1. The number of hydrogen-bond donors (Lipinski definition) is 1. The molecular weight excluding hydrogens is 248 g/mol. The number of hydrogen-bond acceptors (Lipinski definition) is 5.